The van der Waals surface area contributed by atoms with Gasteiger partial charge in [-0.1, -0.05) is 52.0 Å². The number of nitrogens with two attached hydrogens (primary N) is 1. The van der Waals surface area contributed by atoms with Crippen LogP contribution in [0.3, 0.4) is 0 Å². The number of quaternary nitrogens is 1. The van der Waals surface area contributed by atoms with Crippen LogP contribution in [-0.4, -0.2) is 54.7 Å². The number of esters is 1. The molecule has 1 heterocycles. The van der Waals surface area contributed by atoms with Crippen molar-refractivity contribution in [2.45, 2.75) is 84.7 Å². The Morgan fingerprint density at radius 1 is 1.08 bits per heavy atom. The van der Waals surface area contributed by atoms with Crippen LogP contribution in [0, 0.1) is 5.92 Å². The number of benzene rings is 2. The number of ether oxygens (including phenoxy) is 1. The fourth-order valence-electron chi connectivity index (χ4n) is 5.86. The second-order valence-corrected chi connectivity index (χ2v) is 12.0. The minimum atomic E-state index is -0.529. The quantitative estimate of drug-likeness (QED) is 0.310. The van der Waals surface area contributed by atoms with Gasteiger partial charge in [0.2, 0.25) is 0 Å². The number of rotatable bonds is 10. The summed E-state index contributed by atoms with van der Waals surface area (Å²) < 4.78 is 6.21. The monoisotopic (exact) mass is 522 g/mol. The highest BCUT2D eigenvalue weighted by atomic mass is 16.5. The van der Waals surface area contributed by atoms with Crippen LogP contribution in [0.1, 0.15) is 82.3 Å². The van der Waals surface area contributed by atoms with E-state index in [-0.39, 0.29) is 23.2 Å². The lowest BCUT2D eigenvalue weighted by Crippen LogP contribution is -2.61. The first-order chi connectivity index (χ1) is 18.0. The van der Waals surface area contributed by atoms with E-state index in [0.29, 0.717) is 18.2 Å². The van der Waals surface area contributed by atoms with E-state index in [2.05, 4.69) is 52.1 Å². The van der Waals surface area contributed by atoms with Gasteiger partial charge >= 0.3 is 5.97 Å². The molecule has 6 heteroatoms. The van der Waals surface area contributed by atoms with Crippen molar-refractivity contribution in [3.8, 4) is 0 Å². The largest absolute Gasteiger partial charge is 0.465 e. The SMILES string of the molecule is CCC[N+]1(C(C)Cc2cccc(NC(=O)c3ccc(C(C)(C)C)cc3)c2)CCC(C(N)C(=O)OCC)CC1. The number of likely N-dealkylation sites (tertiary alicyclic amines) is 1. The first kappa shape index (κ1) is 29.9. The van der Waals surface area contributed by atoms with Crippen LogP contribution in [-0.2, 0) is 21.4 Å². The molecule has 0 aliphatic carbocycles. The Hall–Kier alpha value is -2.70. The maximum absolute atomic E-state index is 12.9. The summed E-state index contributed by atoms with van der Waals surface area (Å²) in [6.07, 6.45) is 3.92. The number of hydrogen-bond acceptors (Lipinski definition) is 4. The normalized spacial score (nSPS) is 21.4. The molecule has 6 nitrogen and oxygen atoms in total. The Balaban J connectivity index is 1.65. The fourth-order valence-corrected chi connectivity index (χ4v) is 5.86. The number of piperidine rings is 1. The zero-order valence-electron chi connectivity index (χ0n) is 24.3. The standard InChI is InChI=1S/C32H47N3O3/c1-7-18-35(19-16-25(17-20-35)29(33)31(37)38-8-2)23(3)21-24-10-9-11-28(22-24)34-30(36)26-12-14-27(15-13-26)32(4,5)6/h9-15,22-23,25,29H,7-8,16-21,33H2,1-6H3/p+1. The number of anilines is 1. The van der Waals surface area contributed by atoms with Gasteiger partial charge < -0.3 is 20.3 Å². The average Bonchev–Trinajstić information content (AvgIpc) is 2.88. The lowest BCUT2D eigenvalue weighted by molar-refractivity contribution is -0.954. The van der Waals surface area contributed by atoms with E-state index in [1.54, 1.807) is 0 Å². The Morgan fingerprint density at radius 3 is 2.32 bits per heavy atom. The minimum absolute atomic E-state index is 0.0554. The van der Waals surface area contributed by atoms with E-state index in [1.165, 1.54) is 11.1 Å². The number of amides is 1. The van der Waals surface area contributed by atoms with Crippen molar-refractivity contribution >= 4 is 17.6 Å². The molecule has 208 valence electrons. The van der Waals surface area contributed by atoms with Crippen LogP contribution in [0.5, 0.6) is 0 Å². The van der Waals surface area contributed by atoms with E-state index in [9.17, 15) is 9.59 Å². The van der Waals surface area contributed by atoms with Crippen molar-refractivity contribution in [2.75, 3.05) is 31.6 Å². The Kier molecular flexibility index (Phi) is 10.1. The minimum Gasteiger partial charge on any atom is -0.465 e. The smallest absolute Gasteiger partial charge is 0.323 e. The maximum Gasteiger partial charge on any atom is 0.323 e. The van der Waals surface area contributed by atoms with Gasteiger partial charge in [0.25, 0.3) is 5.91 Å². The van der Waals surface area contributed by atoms with Gasteiger partial charge in [0.15, 0.2) is 0 Å². The van der Waals surface area contributed by atoms with Gasteiger partial charge in [-0.15, -0.1) is 0 Å². The molecule has 2 atom stereocenters. The zero-order chi connectivity index (χ0) is 27.9. The van der Waals surface area contributed by atoms with Gasteiger partial charge in [-0.05, 0) is 67.0 Å². The molecule has 3 N–H and O–H groups in total. The summed E-state index contributed by atoms with van der Waals surface area (Å²) >= 11 is 0. The highest BCUT2D eigenvalue weighted by Gasteiger charge is 2.40. The molecular weight excluding hydrogens is 474 g/mol. The summed E-state index contributed by atoms with van der Waals surface area (Å²) in [7, 11) is 0. The van der Waals surface area contributed by atoms with Crippen molar-refractivity contribution in [3.63, 3.8) is 0 Å². The molecule has 1 saturated heterocycles. The topological polar surface area (TPSA) is 81.4 Å². The molecule has 2 aromatic carbocycles. The van der Waals surface area contributed by atoms with Crippen LogP contribution in [0.4, 0.5) is 5.69 Å². The average molecular weight is 523 g/mol. The lowest BCUT2D eigenvalue weighted by atomic mass is 9.86. The van der Waals surface area contributed by atoms with Gasteiger partial charge in [-0.25, -0.2) is 0 Å². The van der Waals surface area contributed by atoms with E-state index in [0.717, 1.165) is 55.5 Å². The van der Waals surface area contributed by atoms with Gasteiger partial charge in [-0.2, -0.15) is 0 Å². The van der Waals surface area contributed by atoms with E-state index >= 15 is 0 Å². The third kappa shape index (κ3) is 7.45. The summed E-state index contributed by atoms with van der Waals surface area (Å²) in [5.74, 6) is -0.185. The molecular formula is C32H48N3O3+. The summed E-state index contributed by atoms with van der Waals surface area (Å²) in [6, 6.07) is 16.0. The summed E-state index contributed by atoms with van der Waals surface area (Å²) in [4.78, 5) is 25.1. The lowest BCUT2D eigenvalue weighted by Gasteiger charge is -2.48. The predicted molar refractivity (Wildman–Crippen MR) is 155 cm³/mol. The van der Waals surface area contributed by atoms with Crippen LogP contribution in [0.25, 0.3) is 0 Å². The number of nitrogens with one attached hydrogen (secondary N) is 1. The Bertz CT molecular complexity index is 1070. The Labute approximate surface area is 229 Å². The van der Waals surface area contributed by atoms with Crippen LogP contribution >= 0.6 is 0 Å². The molecule has 2 aromatic rings. The molecule has 1 amide bonds. The van der Waals surface area contributed by atoms with Crippen LogP contribution < -0.4 is 11.1 Å². The third-order valence-electron chi connectivity index (χ3n) is 8.29. The second kappa shape index (κ2) is 12.9. The van der Waals surface area contributed by atoms with Gasteiger partial charge in [0.05, 0.1) is 32.3 Å². The Morgan fingerprint density at radius 2 is 1.74 bits per heavy atom. The molecule has 0 spiro atoms. The number of carbonyl (C=O) groups is 2. The third-order valence-corrected chi connectivity index (χ3v) is 8.29. The highest BCUT2D eigenvalue weighted by molar-refractivity contribution is 6.04. The van der Waals surface area contributed by atoms with Crippen molar-refractivity contribution in [3.05, 3.63) is 65.2 Å². The maximum atomic E-state index is 12.9. The molecule has 0 bridgehead atoms. The number of hydrogen-bond donors (Lipinski definition) is 2. The van der Waals surface area contributed by atoms with Crippen LogP contribution in [0.2, 0.25) is 0 Å². The number of carbonyl (C=O) groups excluding carboxylic acids is 2. The molecule has 0 saturated carbocycles. The molecule has 1 aliphatic rings. The summed E-state index contributed by atoms with van der Waals surface area (Å²) in [5, 5.41) is 3.08. The fraction of sp³-hybridized carbons (Fsp3) is 0.562. The molecule has 1 fully saturated rings. The zero-order valence-corrected chi connectivity index (χ0v) is 24.3. The van der Waals surface area contributed by atoms with Crippen molar-refractivity contribution in [2.24, 2.45) is 11.7 Å². The molecule has 0 aromatic heterocycles. The van der Waals surface area contributed by atoms with E-state index in [1.807, 2.05) is 43.3 Å². The van der Waals surface area contributed by atoms with E-state index < -0.39 is 6.04 Å². The molecule has 3 rings (SSSR count). The highest BCUT2D eigenvalue weighted by Crippen LogP contribution is 2.31. The van der Waals surface area contributed by atoms with Crippen LogP contribution in [0.15, 0.2) is 48.5 Å². The first-order valence-electron chi connectivity index (χ1n) is 14.3. The molecule has 38 heavy (non-hydrogen) atoms. The molecule has 0 radical (unpaired) electrons. The van der Waals surface area contributed by atoms with Gasteiger partial charge in [-0.3, -0.25) is 9.59 Å². The molecule has 1 aliphatic heterocycles. The van der Waals surface area contributed by atoms with E-state index in [4.69, 9.17) is 10.5 Å². The summed E-state index contributed by atoms with van der Waals surface area (Å²) in [5.41, 5.74) is 10.2. The number of nitrogens with zero attached hydrogens (tertiary/aromatic N) is 1. The van der Waals surface area contributed by atoms with Crippen molar-refractivity contribution in [1.82, 2.24) is 0 Å². The van der Waals surface area contributed by atoms with Crippen molar-refractivity contribution < 1.29 is 18.8 Å². The van der Waals surface area contributed by atoms with Gasteiger partial charge in [0, 0.05) is 30.5 Å². The first-order valence-corrected chi connectivity index (χ1v) is 14.3. The molecule has 2 unspecified atom stereocenters. The summed E-state index contributed by atoms with van der Waals surface area (Å²) in [6.45, 7) is 16.4. The predicted octanol–water partition coefficient (Wildman–Crippen LogP) is 5.69. The van der Waals surface area contributed by atoms with Crippen molar-refractivity contribution in [1.29, 1.82) is 0 Å². The van der Waals surface area contributed by atoms with Gasteiger partial charge in [0.1, 0.15) is 6.04 Å². The second-order valence-electron chi connectivity index (χ2n) is 12.0.